The summed E-state index contributed by atoms with van der Waals surface area (Å²) in [6.07, 6.45) is 0. The van der Waals surface area contributed by atoms with E-state index in [-0.39, 0.29) is 22.8 Å². The Morgan fingerprint density at radius 1 is 1.10 bits per heavy atom. The molecule has 2 aromatic carbocycles. The van der Waals surface area contributed by atoms with Gasteiger partial charge in [-0.3, -0.25) is 4.79 Å². The van der Waals surface area contributed by atoms with Crippen LogP contribution in [0.25, 0.3) is 0 Å². The summed E-state index contributed by atoms with van der Waals surface area (Å²) < 4.78 is 23.7. The molecule has 0 saturated carbocycles. The number of rotatable bonds is 4. The van der Waals surface area contributed by atoms with Gasteiger partial charge in [0.25, 0.3) is 0 Å². The highest BCUT2D eigenvalue weighted by molar-refractivity contribution is 6.30. The van der Waals surface area contributed by atoms with Crippen molar-refractivity contribution in [3.8, 4) is 11.5 Å². The van der Waals surface area contributed by atoms with E-state index in [1.165, 1.54) is 14.2 Å². The van der Waals surface area contributed by atoms with Crippen LogP contribution in [-0.4, -0.2) is 20.0 Å². The molecule has 0 N–H and O–H groups in total. The monoisotopic (exact) mass is 294 g/mol. The Kier molecular flexibility index (Phi) is 4.25. The van der Waals surface area contributed by atoms with Gasteiger partial charge in [0.05, 0.1) is 19.8 Å². The number of hydrogen-bond donors (Lipinski definition) is 0. The number of benzene rings is 2. The molecule has 0 saturated heterocycles. The second kappa shape index (κ2) is 5.92. The first kappa shape index (κ1) is 14.3. The first-order chi connectivity index (χ1) is 9.56. The fourth-order valence-corrected chi connectivity index (χ4v) is 1.98. The number of ether oxygens (including phenoxy) is 2. The van der Waals surface area contributed by atoms with Crippen molar-refractivity contribution in [2.24, 2.45) is 0 Å². The van der Waals surface area contributed by atoms with E-state index < -0.39 is 5.82 Å². The van der Waals surface area contributed by atoms with Crippen LogP contribution >= 0.6 is 11.6 Å². The molecule has 3 nitrogen and oxygen atoms in total. The molecule has 0 atom stereocenters. The first-order valence-electron chi connectivity index (χ1n) is 5.78. The van der Waals surface area contributed by atoms with Gasteiger partial charge in [-0.05, 0) is 30.3 Å². The van der Waals surface area contributed by atoms with Gasteiger partial charge in [-0.1, -0.05) is 11.6 Å². The van der Waals surface area contributed by atoms with Crippen LogP contribution in [0.2, 0.25) is 5.02 Å². The third-order valence-electron chi connectivity index (χ3n) is 2.79. The lowest BCUT2D eigenvalue weighted by molar-refractivity contribution is 0.103. The number of ketones is 1. The largest absolute Gasteiger partial charge is 0.493 e. The minimum Gasteiger partial charge on any atom is -0.493 e. The Labute approximate surface area is 120 Å². The highest BCUT2D eigenvalue weighted by Crippen LogP contribution is 2.33. The molecule has 0 aromatic heterocycles. The van der Waals surface area contributed by atoms with Crippen LogP contribution in [0.15, 0.2) is 36.4 Å². The Morgan fingerprint density at radius 2 is 1.75 bits per heavy atom. The molecule has 0 aliphatic heterocycles. The fraction of sp³-hybridized carbons (Fsp3) is 0.133. The Morgan fingerprint density at radius 3 is 2.30 bits per heavy atom. The van der Waals surface area contributed by atoms with Crippen LogP contribution in [0.4, 0.5) is 4.39 Å². The molecule has 0 bridgehead atoms. The minimum atomic E-state index is -0.569. The van der Waals surface area contributed by atoms with E-state index in [0.717, 1.165) is 12.1 Å². The maximum absolute atomic E-state index is 13.6. The maximum Gasteiger partial charge on any atom is 0.197 e. The van der Waals surface area contributed by atoms with Gasteiger partial charge in [0, 0.05) is 16.7 Å². The van der Waals surface area contributed by atoms with Crippen LogP contribution < -0.4 is 9.47 Å². The van der Waals surface area contributed by atoms with Crippen LogP contribution in [0.3, 0.4) is 0 Å². The molecule has 20 heavy (non-hydrogen) atoms. The Bertz CT molecular complexity index is 638. The van der Waals surface area contributed by atoms with Gasteiger partial charge in [-0.2, -0.15) is 0 Å². The third kappa shape index (κ3) is 2.75. The molecule has 0 amide bonds. The predicted molar refractivity (Wildman–Crippen MR) is 74.4 cm³/mol. The summed E-state index contributed by atoms with van der Waals surface area (Å²) in [5, 5.41) is 0.519. The van der Waals surface area contributed by atoms with Crippen molar-refractivity contribution < 1.29 is 18.7 Å². The summed E-state index contributed by atoms with van der Waals surface area (Å²) in [6.45, 7) is 0. The van der Waals surface area contributed by atoms with Crippen molar-refractivity contribution in [3.63, 3.8) is 0 Å². The molecule has 0 radical (unpaired) electrons. The number of carbonyl (C=O) groups is 1. The van der Waals surface area contributed by atoms with Crippen LogP contribution in [0.5, 0.6) is 11.5 Å². The average Bonchev–Trinajstić information content (AvgIpc) is 2.46. The van der Waals surface area contributed by atoms with E-state index >= 15 is 0 Å². The zero-order valence-corrected chi connectivity index (χ0v) is 11.7. The van der Waals surface area contributed by atoms with Crippen LogP contribution in [0, 0.1) is 5.82 Å². The van der Waals surface area contributed by atoms with Gasteiger partial charge in [0.1, 0.15) is 5.82 Å². The SMILES string of the molecule is COc1cc(F)cc(C(=O)c2ccc(Cl)cc2)c1OC. The zero-order chi connectivity index (χ0) is 14.7. The molecule has 104 valence electrons. The van der Waals surface area contributed by atoms with Crippen molar-refractivity contribution >= 4 is 17.4 Å². The molecule has 5 heteroatoms. The molecule has 0 heterocycles. The minimum absolute atomic E-state index is 0.103. The highest BCUT2D eigenvalue weighted by atomic mass is 35.5. The summed E-state index contributed by atoms with van der Waals surface area (Å²) in [5.74, 6) is -0.560. The lowest BCUT2D eigenvalue weighted by atomic mass is 10.0. The highest BCUT2D eigenvalue weighted by Gasteiger charge is 2.20. The van der Waals surface area contributed by atoms with Gasteiger partial charge >= 0.3 is 0 Å². The molecule has 2 aromatic rings. The van der Waals surface area contributed by atoms with Crippen molar-refractivity contribution in [2.45, 2.75) is 0 Å². The van der Waals surface area contributed by atoms with E-state index in [2.05, 4.69) is 0 Å². The lowest BCUT2D eigenvalue weighted by Gasteiger charge is -2.12. The van der Waals surface area contributed by atoms with Gasteiger partial charge in [-0.15, -0.1) is 0 Å². The van der Waals surface area contributed by atoms with E-state index in [0.29, 0.717) is 10.6 Å². The second-order valence-electron chi connectivity index (χ2n) is 4.02. The first-order valence-corrected chi connectivity index (χ1v) is 6.16. The molecule has 2 rings (SSSR count). The van der Waals surface area contributed by atoms with E-state index in [1.807, 2.05) is 0 Å². The maximum atomic E-state index is 13.6. The van der Waals surface area contributed by atoms with Crippen molar-refractivity contribution in [1.82, 2.24) is 0 Å². The quantitative estimate of drug-likeness (QED) is 0.806. The molecular formula is C15H12ClFO3. The number of hydrogen-bond acceptors (Lipinski definition) is 3. The second-order valence-corrected chi connectivity index (χ2v) is 4.46. The van der Waals surface area contributed by atoms with Crippen molar-refractivity contribution in [3.05, 3.63) is 58.4 Å². The summed E-state index contributed by atoms with van der Waals surface area (Å²) in [6, 6.07) is 8.62. The molecule has 0 spiro atoms. The van der Waals surface area contributed by atoms with E-state index in [9.17, 15) is 9.18 Å². The summed E-state index contributed by atoms with van der Waals surface area (Å²) in [5.41, 5.74) is 0.493. The zero-order valence-electron chi connectivity index (χ0n) is 10.9. The number of halogens is 2. The van der Waals surface area contributed by atoms with Crippen molar-refractivity contribution in [1.29, 1.82) is 0 Å². The number of carbonyl (C=O) groups excluding carboxylic acids is 1. The lowest BCUT2D eigenvalue weighted by Crippen LogP contribution is -2.06. The molecule has 0 aliphatic carbocycles. The predicted octanol–water partition coefficient (Wildman–Crippen LogP) is 3.73. The molecule has 0 fully saturated rings. The normalized spacial score (nSPS) is 10.2. The van der Waals surface area contributed by atoms with Gasteiger partial charge in [-0.25, -0.2) is 4.39 Å². The third-order valence-corrected chi connectivity index (χ3v) is 3.05. The Hall–Kier alpha value is -2.07. The Balaban J connectivity index is 2.53. The van der Waals surface area contributed by atoms with Crippen molar-refractivity contribution in [2.75, 3.05) is 14.2 Å². The summed E-state index contributed by atoms with van der Waals surface area (Å²) >= 11 is 5.78. The van der Waals surface area contributed by atoms with E-state index in [4.69, 9.17) is 21.1 Å². The summed E-state index contributed by atoms with van der Waals surface area (Å²) in [7, 11) is 2.78. The topological polar surface area (TPSA) is 35.5 Å². The summed E-state index contributed by atoms with van der Waals surface area (Å²) in [4.78, 5) is 12.4. The average molecular weight is 295 g/mol. The standard InChI is InChI=1S/C15H12ClFO3/c1-19-13-8-11(17)7-12(15(13)20-2)14(18)9-3-5-10(16)6-4-9/h3-8H,1-2H3. The van der Waals surface area contributed by atoms with Gasteiger partial charge < -0.3 is 9.47 Å². The van der Waals surface area contributed by atoms with E-state index in [1.54, 1.807) is 24.3 Å². The van der Waals surface area contributed by atoms with Gasteiger partial charge in [0.2, 0.25) is 0 Å². The molecular weight excluding hydrogens is 283 g/mol. The fourth-order valence-electron chi connectivity index (χ4n) is 1.86. The van der Waals surface area contributed by atoms with Crippen LogP contribution in [0.1, 0.15) is 15.9 Å². The number of methoxy groups -OCH3 is 2. The smallest absolute Gasteiger partial charge is 0.197 e. The molecule has 0 unspecified atom stereocenters. The van der Waals surface area contributed by atoms with Crippen LogP contribution in [-0.2, 0) is 0 Å². The molecule has 0 aliphatic rings. The van der Waals surface area contributed by atoms with Gasteiger partial charge in [0.15, 0.2) is 17.3 Å².